The highest BCUT2D eigenvalue weighted by molar-refractivity contribution is 6.13. The standard InChI is InChI=1S/C52H36N6/c1-57-47-19-11-9-17-43(47)55-51(57)37-25-21-35(22-26-37)45-31-41(33-13-5-3-6-14-33)39-29-30-40-42(34-15-7-4-8-16-34)32-46(54-50(40)49(39)53-45)36-23-27-38(28-24-36)52-56-44-18-10-12-20-48(44)58(52)2/h3-32H,1-2H3. The second-order valence-corrected chi connectivity index (χ2v) is 14.8. The Hall–Kier alpha value is -7.70. The number of aromatic nitrogens is 6. The number of aryl methyl sites for hydroxylation is 2. The smallest absolute Gasteiger partial charge is 0.140 e. The Balaban J connectivity index is 1.10. The van der Waals surface area contributed by atoms with E-state index in [0.29, 0.717) is 0 Å². The predicted molar refractivity (Wildman–Crippen MR) is 238 cm³/mol. The maximum absolute atomic E-state index is 5.47. The van der Waals surface area contributed by atoms with Gasteiger partial charge in [0.2, 0.25) is 0 Å². The van der Waals surface area contributed by atoms with E-state index in [1.165, 1.54) is 0 Å². The minimum absolute atomic E-state index is 0.864. The Morgan fingerprint density at radius 2 is 0.690 bits per heavy atom. The van der Waals surface area contributed by atoms with Gasteiger partial charge in [-0.15, -0.1) is 0 Å². The van der Waals surface area contributed by atoms with E-state index in [9.17, 15) is 0 Å². The Bertz CT molecular complexity index is 3100. The molecule has 0 radical (unpaired) electrons. The molecule has 0 saturated heterocycles. The van der Waals surface area contributed by atoms with Gasteiger partial charge in [0.15, 0.2) is 0 Å². The van der Waals surface area contributed by atoms with Crippen LogP contribution in [0.5, 0.6) is 0 Å². The summed E-state index contributed by atoms with van der Waals surface area (Å²) in [6.45, 7) is 0. The van der Waals surface area contributed by atoms with Gasteiger partial charge in [0.25, 0.3) is 0 Å². The van der Waals surface area contributed by atoms with E-state index >= 15 is 0 Å². The molecule has 274 valence electrons. The number of hydrogen-bond donors (Lipinski definition) is 0. The molecule has 0 unspecified atom stereocenters. The summed E-state index contributed by atoms with van der Waals surface area (Å²) in [5, 5.41) is 2.11. The van der Waals surface area contributed by atoms with Crippen LogP contribution in [0.25, 0.3) is 111 Å². The predicted octanol–water partition coefficient (Wildman–Crippen LogP) is 12.6. The van der Waals surface area contributed by atoms with Crippen molar-refractivity contribution < 1.29 is 0 Å². The summed E-state index contributed by atoms with van der Waals surface area (Å²) < 4.78 is 4.31. The Labute approximate surface area is 335 Å². The van der Waals surface area contributed by atoms with Crippen LogP contribution in [0.15, 0.2) is 182 Å². The van der Waals surface area contributed by atoms with Gasteiger partial charge in [0.05, 0.1) is 44.5 Å². The summed E-state index contributed by atoms with van der Waals surface area (Å²) in [5.74, 6) is 1.86. The van der Waals surface area contributed by atoms with Gasteiger partial charge in [-0.1, -0.05) is 146 Å². The number of para-hydroxylation sites is 4. The third kappa shape index (κ3) is 5.57. The van der Waals surface area contributed by atoms with Gasteiger partial charge < -0.3 is 9.13 Å². The molecule has 11 rings (SSSR count). The monoisotopic (exact) mass is 744 g/mol. The van der Waals surface area contributed by atoms with E-state index in [0.717, 1.165) is 111 Å². The molecule has 0 aliphatic carbocycles. The zero-order valence-corrected chi connectivity index (χ0v) is 32.0. The summed E-state index contributed by atoms with van der Waals surface area (Å²) in [7, 11) is 4.14. The number of rotatable bonds is 6. The third-order valence-electron chi connectivity index (χ3n) is 11.4. The lowest BCUT2D eigenvalue weighted by Gasteiger charge is -2.16. The lowest BCUT2D eigenvalue weighted by molar-refractivity contribution is 0.959. The van der Waals surface area contributed by atoms with Crippen molar-refractivity contribution in [1.29, 1.82) is 0 Å². The fourth-order valence-corrected chi connectivity index (χ4v) is 8.37. The zero-order chi connectivity index (χ0) is 38.7. The van der Waals surface area contributed by atoms with E-state index in [1.54, 1.807) is 0 Å². The molecule has 7 aromatic carbocycles. The first kappa shape index (κ1) is 33.6. The maximum atomic E-state index is 5.47. The quantitative estimate of drug-likeness (QED) is 0.159. The van der Waals surface area contributed by atoms with Crippen LogP contribution >= 0.6 is 0 Å². The maximum Gasteiger partial charge on any atom is 0.140 e. The first-order chi connectivity index (χ1) is 28.6. The van der Waals surface area contributed by atoms with Crippen LogP contribution in [0.4, 0.5) is 0 Å². The van der Waals surface area contributed by atoms with E-state index < -0.39 is 0 Å². The van der Waals surface area contributed by atoms with Crippen molar-refractivity contribution in [2.75, 3.05) is 0 Å². The van der Waals surface area contributed by atoms with E-state index in [1.807, 2.05) is 12.1 Å². The van der Waals surface area contributed by atoms with E-state index in [-0.39, 0.29) is 0 Å². The fourth-order valence-electron chi connectivity index (χ4n) is 8.37. The zero-order valence-electron chi connectivity index (χ0n) is 32.0. The molecule has 4 aromatic heterocycles. The van der Waals surface area contributed by atoms with Gasteiger partial charge in [-0.25, -0.2) is 19.9 Å². The van der Waals surface area contributed by atoms with Crippen LogP contribution in [-0.4, -0.2) is 29.1 Å². The summed E-state index contributed by atoms with van der Waals surface area (Å²) in [6.07, 6.45) is 0. The van der Waals surface area contributed by atoms with Gasteiger partial charge >= 0.3 is 0 Å². The van der Waals surface area contributed by atoms with Crippen LogP contribution in [0.3, 0.4) is 0 Å². The number of imidazole rings is 2. The molecule has 0 saturated carbocycles. The molecule has 0 amide bonds. The highest BCUT2D eigenvalue weighted by atomic mass is 15.1. The minimum Gasteiger partial charge on any atom is -0.327 e. The highest BCUT2D eigenvalue weighted by Crippen LogP contribution is 2.40. The van der Waals surface area contributed by atoms with Crippen LogP contribution in [0.1, 0.15) is 0 Å². The van der Waals surface area contributed by atoms with Crippen molar-refractivity contribution in [2.24, 2.45) is 14.1 Å². The molecule has 0 aliphatic rings. The Morgan fingerprint density at radius 3 is 1.09 bits per heavy atom. The first-order valence-corrected chi connectivity index (χ1v) is 19.5. The largest absolute Gasteiger partial charge is 0.327 e. The Morgan fingerprint density at radius 1 is 0.328 bits per heavy atom. The molecule has 6 heteroatoms. The number of fused-ring (bicyclic) bond motifs is 5. The van der Waals surface area contributed by atoms with Gasteiger partial charge in [-0.2, -0.15) is 0 Å². The van der Waals surface area contributed by atoms with Gasteiger partial charge in [0, 0.05) is 47.1 Å². The van der Waals surface area contributed by atoms with Crippen molar-refractivity contribution >= 4 is 43.9 Å². The molecular weight excluding hydrogens is 709 g/mol. The molecule has 6 nitrogen and oxygen atoms in total. The van der Waals surface area contributed by atoms with Crippen molar-refractivity contribution in [3.63, 3.8) is 0 Å². The number of nitrogens with zero attached hydrogens (tertiary/aromatic N) is 6. The molecule has 0 spiro atoms. The van der Waals surface area contributed by atoms with Gasteiger partial charge in [0.1, 0.15) is 11.6 Å². The highest BCUT2D eigenvalue weighted by Gasteiger charge is 2.18. The number of hydrogen-bond acceptors (Lipinski definition) is 4. The van der Waals surface area contributed by atoms with E-state index in [2.05, 4.69) is 193 Å². The minimum atomic E-state index is 0.864. The summed E-state index contributed by atoms with van der Waals surface area (Å²) in [6, 6.07) is 63.7. The average Bonchev–Trinajstić information content (AvgIpc) is 3.82. The molecule has 0 N–H and O–H groups in total. The average molecular weight is 745 g/mol. The fraction of sp³-hybridized carbons (Fsp3) is 0.0385. The Kier molecular flexibility index (Phi) is 7.83. The number of pyridine rings is 2. The van der Waals surface area contributed by atoms with E-state index in [4.69, 9.17) is 19.9 Å². The first-order valence-electron chi connectivity index (χ1n) is 19.5. The molecule has 0 atom stereocenters. The van der Waals surface area contributed by atoms with Crippen LogP contribution in [-0.2, 0) is 14.1 Å². The molecule has 0 aliphatic heterocycles. The van der Waals surface area contributed by atoms with Crippen molar-refractivity contribution in [3.05, 3.63) is 182 Å². The summed E-state index contributed by atoms with van der Waals surface area (Å²) >= 11 is 0. The molecule has 0 bridgehead atoms. The lowest BCUT2D eigenvalue weighted by atomic mass is 9.93. The van der Waals surface area contributed by atoms with Gasteiger partial charge in [-0.05, 0) is 58.7 Å². The van der Waals surface area contributed by atoms with Crippen molar-refractivity contribution in [3.8, 4) is 67.5 Å². The summed E-state index contributed by atoms with van der Waals surface area (Å²) in [4.78, 5) is 20.8. The lowest BCUT2D eigenvalue weighted by Crippen LogP contribution is -1.96. The topological polar surface area (TPSA) is 61.4 Å². The number of benzene rings is 7. The molecule has 11 aromatic rings. The van der Waals surface area contributed by atoms with Gasteiger partial charge in [-0.3, -0.25) is 0 Å². The van der Waals surface area contributed by atoms with Crippen molar-refractivity contribution in [1.82, 2.24) is 29.1 Å². The summed E-state index contributed by atoms with van der Waals surface area (Å²) in [5.41, 5.74) is 16.3. The van der Waals surface area contributed by atoms with Crippen molar-refractivity contribution in [2.45, 2.75) is 0 Å². The van der Waals surface area contributed by atoms with Crippen LogP contribution in [0.2, 0.25) is 0 Å². The van der Waals surface area contributed by atoms with Crippen LogP contribution < -0.4 is 0 Å². The van der Waals surface area contributed by atoms with Crippen LogP contribution in [0, 0.1) is 0 Å². The molecule has 58 heavy (non-hydrogen) atoms. The second-order valence-electron chi connectivity index (χ2n) is 14.8. The SMILES string of the molecule is Cn1c(-c2ccc(-c3cc(-c4ccccc4)c4ccc5c(-c6ccccc6)cc(-c6ccc(-c7nc8ccccc8n7C)cc6)nc5c4n3)cc2)nc2ccccc21. The normalized spacial score (nSPS) is 11.6. The molecular formula is C52H36N6. The second kappa shape index (κ2) is 13.5. The molecule has 0 fully saturated rings. The molecule has 4 heterocycles. The third-order valence-corrected chi connectivity index (χ3v) is 11.4.